The van der Waals surface area contributed by atoms with Gasteiger partial charge in [-0.05, 0) is 41.6 Å². The first-order valence-corrected chi connectivity index (χ1v) is 5.29. The fourth-order valence-corrected chi connectivity index (χ4v) is 1.51. The van der Waals surface area contributed by atoms with Crippen LogP contribution >= 0.6 is 15.9 Å². The first-order valence-electron chi connectivity index (χ1n) is 4.50. The molecular weight excluding hydrogens is 230 g/mol. The second-order valence-electron chi connectivity index (χ2n) is 3.50. The largest absolute Gasteiger partial charge is 0.351 e. The highest BCUT2D eigenvalue weighted by atomic mass is 79.9. The molecule has 1 aliphatic carbocycles. The molecule has 0 radical (unpaired) electrons. The molecule has 0 aliphatic heterocycles. The minimum Gasteiger partial charge on any atom is -0.351 e. The maximum Gasteiger partial charge on any atom is 0.222 e. The fraction of sp³-hybridized carbons (Fsp3) is 0.556. The van der Waals surface area contributed by atoms with Gasteiger partial charge >= 0.3 is 0 Å². The normalized spacial score (nSPS) is 18.3. The van der Waals surface area contributed by atoms with E-state index in [-0.39, 0.29) is 0 Å². The molecule has 1 aromatic heterocycles. The third-order valence-corrected chi connectivity index (χ3v) is 2.72. The standard InChI is InChI=1S/C9H12BrN3/c1-6(7-2-3-7)13-9-11-4-8(10)5-12-9/h4-7H,2-3H2,1H3,(H,11,12,13). The molecule has 1 saturated carbocycles. The molecule has 1 atom stereocenters. The van der Waals surface area contributed by atoms with E-state index in [1.54, 1.807) is 12.4 Å². The molecule has 0 aromatic carbocycles. The number of nitrogens with zero attached hydrogens (tertiary/aromatic N) is 2. The predicted octanol–water partition coefficient (Wildman–Crippen LogP) is 2.45. The SMILES string of the molecule is CC(Nc1ncc(Br)cn1)C1CC1. The summed E-state index contributed by atoms with van der Waals surface area (Å²) in [6.07, 6.45) is 6.19. The van der Waals surface area contributed by atoms with Crippen LogP contribution in [-0.2, 0) is 0 Å². The van der Waals surface area contributed by atoms with Gasteiger partial charge in [0.1, 0.15) is 0 Å². The molecule has 13 heavy (non-hydrogen) atoms. The summed E-state index contributed by atoms with van der Waals surface area (Å²) in [5.41, 5.74) is 0. The van der Waals surface area contributed by atoms with E-state index in [1.165, 1.54) is 12.8 Å². The van der Waals surface area contributed by atoms with Gasteiger partial charge in [0.2, 0.25) is 5.95 Å². The summed E-state index contributed by atoms with van der Waals surface area (Å²) in [6.45, 7) is 2.18. The average Bonchev–Trinajstić information content (AvgIpc) is 2.91. The number of nitrogens with one attached hydrogen (secondary N) is 1. The van der Waals surface area contributed by atoms with Crippen molar-refractivity contribution in [2.24, 2.45) is 5.92 Å². The first-order chi connectivity index (χ1) is 6.25. The molecule has 1 unspecified atom stereocenters. The Kier molecular flexibility index (Phi) is 2.49. The Morgan fingerprint density at radius 2 is 2.08 bits per heavy atom. The van der Waals surface area contributed by atoms with E-state index in [4.69, 9.17) is 0 Å². The summed E-state index contributed by atoms with van der Waals surface area (Å²) >= 11 is 3.30. The maximum absolute atomic E-state index is 4.16. The second-order valence-corrected chi connectivity index (χ2v) is 4.41. The summed E-state index contributed by atoms with van der Waals surface area (Å²) in [5, 5.41) is 3.29. The van der Waals surface area contributed by atoms with E-state index in [0.717, 1.165) is 16.3 Å². The van der Waals surface area contributed by atoms with E-state index in [2.05, 4.69) is 38.1 Å². The van der Waals surface area contributed by atoms with Crippen molar-refractivity contribution in [1.29, 1.82) is 0 Å². The van der Waals surface area contributed by atoms with Crippen LogP contribution in [0.4, 0.5) is 5.95 Å². The minimum atomic E-state index is 0.501. The lowest BCUT2D eigenvalue weighted by atomic mass is 10.2. The Hall–Kier alpha value is -0.640. The molecule has 1 aromatic rings. The van der Waals surface area contributed by atoms with Crippen molar-refractivity contribution < 1.29 is 0 Å². The van der Waals surface area contributed by atoms with Crippen molar-refractivity contribution in [3.8, 4) is 0 Å². The van der Waals surface area contributed by atoms with Gasteiger partial charge in [0.15, 0.2) is 0 Å². The topological polar surface area (TPSA) is 37.8 Å². The summed E-state index contributed by atoms with van der Waals surface area (Å²) < 4.78 is 0.914. The van der Waals surface area contributed by atoms with Crippen molar-refractivity contribution in [2.45, 2.75) is 25.8 Å². The molecule has 1 N–H and O–H groups in total. The molecule has 70 valence electrons. The zero-order valence-electron chi connectivity index (χ0n) is 7.50. The average molecular weight is 242 g/mol. The monoisotopic (exact) mass is 241 g/mol. The molecule has 0 saturated heterocycles. The predicted molar refractivity (Wildman–Crippen MR) is 55.5 cm³/mol. The van der Waals surface area contributed by atoms with Crippen LogP contribution in [0.15, 0.2) is 16.9 Å². The van der Waals surface area contributed by atoms with Crippen molar-refractivity contribution in [2.75, 3.05) is 5.32 Å². The van der Waals surface area contributed by atoms with Crippen molar-refractivity contribution in [1.82, 2.24) is 9.97 Å². The summed E-state index contributed by atoms with van der Waals surface area (Å²) in [7, 11) is 0. The lowest BCUT2D eigenvalue weighted by molar-refractivity contribution is 0.686. The highest BCUT2D eigenvalue weighted by Gasteiger charge is 2.28. The van der Waals surface area contributed by atoms with E-state index in [0.29, 0.717) is 6.04 Å². The molecular formula is C9H12BrN3. The van der Waals surface area contributed by atoms with E-state index >= 15 is 0 Å². The Labute approximate surface area is 86.1 Å². The summed E-state index contributed by atoms with van der Waals surface area (Å²) in [6, 6.07) is 0.501. The number of aromatic nitrogens is 2. The van der Waals surface area contributed by atoms with Crippen LogP contribution in [0.25, 0.3) is 0 Å². The number of anilines is 1. The van der Waals surface area contributed by atoms with Crippen LogP contribution in [0.2, 0.25) is 0 Å². The van der Waals surface area contributed by atoms with Crippen LogP contribution in [0.5, 0.6) is 0 Å². The van der Waals surface area contributed by atoms with Crippen molar-refractivity contribution >= 4 is 21.9 Å². The van der Waals surface area contributed by atoms with Gasteiger partial charge in [0.05, 0.1) is 4.47 Å². The molecule has 1 aliphatic rings. The zero-order valence-corrected chi connectivity index (χ0v) is 9.08. The van der Waals surface area contributed by atoms with Crippen LogP contribution in [0.1, 0.15) is 19.8 Å². The van der Waals surface area contributed by atoms with Crippen molar-refractivity contribution in [3.05, 3.63) is 16.9 Å². The molecule has 0 spiro atoms. The third-order valence-electron chi connectivity index (χ3n) is 2.31. The van der Waals surface area contributed by atoms with Gasteiger partial charge in [-0.25, -0.2) is 9.97 Å². The highest BCUT2D eigenvalue weighted by molar-refractivity contribution is 9.10. The number of rotatable bonds is 3. The highest BCUT2D eigenvalue weighted by Crippen LogP contribution is 2.33. The van der Waals surface area contributed by atoms with Crippen LogP contribution in [0.3, 0.4) is 0 Å². The maximum atomic E-state index is 4.16. The molecule has 2 rings (SSSR count). The van der Waals surface area contributed by atoms with Crippen LogP contribution < -0.4 is 5.32 Å². The quantitative estimate of drug-likeness (QED) is 0.884. The van der Waals surface area contributed by atoms with Gasteiger partial charge in [-0.1, -0.05) is 0 Å². The Bertz CT molecular complexity index is 281. The van der Waals surface area contributed by atoms with Gasteiger partial charge in [0.25, 0.3) is 0 Å². The van der Waals surface area contributed by atoms with Gasteiger partial charge in [-0.3, -0.25) is 0 Å². The van der Waals surface area contributed by atoms with Crippen LogP contribution in [-0.4, -0.2) is 16.0 Å². The summed E-state index contributed by atoms with van der Waals surface area (Å²) in [5.74, 6) is 1.55. The molecule has 0 amide bonds. The molecule has 3 nitrogen and oxygen atoms in total. The van der Waals surface area contributed by atoms with Gasteiger partial charge < -0.3 is 5.32 Å². The Morgan fingerprint density at radius 3 is 2.62 bits per heavy atom. The van der Waals surface area contributed by atoms with Crippen LogP contribution in [0, 0.1) is 5.92 Å². The van der Waals surface area contributed by atoms with Crippen molar-refractivity contribution in [3.63, 3.8) is 0 Å². The Balaban J connectivity index is 1.96. The Morgan fingerprint density at radius 1 is 1.46 bits per heavy atom. The van der Waals surface area contributed by atoms with E-state index < -0.39 is 0 Å². The van der Waals surface area contributed by atoms with Gasteiger partial charge in [-0.15, -0.1) is 0 Å². The molecule has 1 fully saturated rings. The number of hydrogen-bond acceptors (Lipinski definition) is 3. The number of halogens is 1. The molecule has 0 bridgehead atoms. The van der Waals surface area contributed by atoms with Gasteiger partial charge in [0, 0.05) is 18.4 Å². The zero-order chi connectivity index (χ0) is 9.26. The minimum absolute atomic E-state index is 0.501. The smallest absolute Gasteiger partial charge is 0.222 e. The molecule has 1 heterocycles. The summed E-state index contributed by atoms with van der Waals surface area (Å²) in [4.78, 5) is 8.32. The van der Waals surface area contributed by atoms with E-state index in [1.807, 2.05) is 0 Å². The first kappa shape index (κ1) is 8.94. The number of hydrogen-bond donors (Lipinski definition) is 1. The lowest BCUT2D eigenvalue weighted by Crippen LogP contribution is -2.18. The third kappa shape index (κ3) is 2.40. The van der Waals surface area contributed by atoms with Gasteiger partial charge in [-0.2, -0.15) is 0 Å². The fourth-order valence-electron chi connectivity index (χ4n) is 1.30. The second kappa shape index (κ2) is 3.62. The lowest BCUT2D eigenvalue weighted by Gasteiger charge is -2.11. The van der Waals surface area contributed by atoms with E-state index in [9.17, 15) is 0 Å². The molecule has 4 heteroatoms.